The summed E-state index contributed by atoms with van der Waals surface area (Å²) in [6.45, 7) is 5.44. The predicted octanol–water partition coefficient (Wildman–Crippen LogP) is 0.834. The summed E-state index contributed by atoms with van der Waals surface area (Å²) in [7, 11) is 0. The smallest absolute Gasteiger partial charge is 0.323 e. The van der Waals surface area contributed by atoms with E-state index in [2.05, 4.69) is 0 Å². The molecule has 0 amide bonds. The lowest BCUT2D eigenvalue weighted by molar-refractivity contribution is -0.143. The molecule has 3 heteroatoms. The van der Waals surface area contributed by atoms with E-state index in [9.17, 15) is 4.79 Å². The largest absolute Gasteiger partial charge is 0.480 e. The van der Waals surface area contributed by atoms with Crippen LogP contribution >= 0.6 is 0 Å². The van der Waals surface area contributed by atoms with Crippen LogP contribution in [0.4, 0.5) is 0 Å². The molecule has 1 atom stereocenters. The summed E-state index contributed by atoms with van der Waals surface area (Å²) in [5.41, 5.74) is 4.40. The van der Waals surface area contributed by atoms with Crippen molar-refractivity contribution in [2.24, 2.45) is 11.7 Å². The van der Waals surface area contributed by atoms with Crippen molar-refractivity contribution < 1.29 is 9.90 Å². The van der Waals surface area contributed by atoms with Gasteiger partial charge in [0.1, 0.15) is 5.54 Å². The maximum atomic E-state index is 10.4. The molecule has 60 valence electrons. The lowest BCUT2D eigenvalue weighted by atomic mass is 9.78. The maximum absolute atomic E-state index is 10.4. The van der Waals surface area contributed by atoms with Gasteiger partial charge in [-0.1, -0.05) is 13.8 Å². The number of hydrogen-bond acceptors (Lipinski definition) is 2. The van der Waals surface area contributed by atoms with Crippen molar-refractivity contribution in [3.05, 3.63) is 0 Å². The molecule has 0 heterocycles. The van der Waals surface area contributed by atoms with Crippen molar-refractivity contribution in [3.63, 3.8) is 0 Å². The lowest BCUT2D eigenvalue weighted by Crippen LogP contribution is -2.45. The van der Waals surface area contributed by atoms with Crippen molar-refractivity contribution in [1.29, 1.82) is 0 Å². The second kappa shape index (κ2) is 3.01. The number of carboxylic acid groups (broad SMARTS) is 1. The molecule has 0 rings (SSSR count). The monoisotopic (exact) mass is 144 g/mol. The molecule has 3 nitrogen and oxygen atoms in total. The van der Waals surface area contributed by atoms with E-state index in [4.69, 9.17) is 10.8 Å². The molecule has 0 saturated carbocycles. The topological polar surface area (TPSA) is 63.3 Å². The molecular weight excluding hydrogens is 129 g/mol. The number of carboxylic acids is 1. The number of aliphatic carboxylic acids is 1. The van der Waals surface area contributed by atoms with Crippen LogP contribution in [0, 0.1) is 5.92 Å². The van der Waals surface area contributed by atoms with Crippen LogP contribution in [-0.2, 0) is 4.79 Å². The van der Waals surface area contributed by atoms with Crippen molar-refractivity contribution in [3.8, 4) is 0 Å². The highest BCUT2D eigenvalue weighted by Gasteiger charge is 2.28. The molecule has 10 heavy (non-hydrogen) atoms. The Morgan fingerprint density at radius 1 is 1.70 bits per heavy atom. The van der Waals surface area contributed by atoms with Gasteiger partial charge in [-0.25, -0.2) is 0 Å². The third-order valence-corrected chi connectivity index (χ3v) is 1.32. The molecule has 0 aliphatic rings. The van der Waals surface area contributed by atoms with Gasteiger partial charge in [-0.15, -0.1) is 0 Å². The van der Waals surface area contributed by atoms with Gasteiger partial charge < -0.3 is 10.8 Å². The molecule has 0 aliphatic heterocycles. The van der Waals surface area contributed by atoms with Gasteiger partial charge in [0.15, 0.2) is 0 Å². The van der Waals surface area contributed by atoms with E-state index in [0.29, 0.717) is 12.3 Å². The van der Waals surface area contributed by atoms with E-state index in [1.54, 1.807) is 0 Å². The average molecular weight is 144 g/mol. The fourth-order valence-electron chi connectivity index (χ4n) is 0.935. The Kier molecular flexibility index (Phi) is 2.84. The molecule has 0 radical (unpaired) electrons. The second-order valence-electron chi connectivity index (χ2n) is 3.32. The average Bonchev–Trinajstić information content (AvgIpc) is 1.60. The van der Waals surface area contributed by atoms with Crippen LogP contribution in [0.15, 0.2) is 0 Å². The lowest BCUT2D eigenvalue weighted by Gasteiger charge is -2.20. The van der Waals surface area contributed by atoms with Gasteiger partial charge in [0.05, 0.1) is 0 Å². The van der Waals surface area contributed by atoms with Gasteiger partial charge in [-0.05, 0) is 19.3 Å². The van der Waals surface area contributed by atoms with Gasteiger partial charge >= 0.3 is 5.97 Å². The standard InChI is InChI=1S/C7H15NO2/c1-5(2)4-7(3,8)6(9)10/h5H,4,8H2,1-3H3,(H,9,10)/t7-/m0/s1/i3-1. The summed E-state index contributed by atoms with van der Waals surface area (Å²) >= 11 is 0. The normalized spacial score (nSPS) is 16.9. The number of nitrogens with two attached hydrogens (primary N) is 1. The van der Waals surface area contributed by atoms with Crippen LogP contribution in [0.2, 0.25) is 0 Å². The Bertz CT molecular complexity index is 130. The fourth-order valence-corrected chi connectivity index (χ4v) is 0.935. The maximum Gasteiger partial charge on any atom is 0.323 e. The summed E-state index contributed by atoms with van der Waals surface area (Å²) in [5, 5.41) is 8.57. The molecule has 0 saturated heterocycles. The number of rotatable bonds is 3. The van der Waals surface area contributed by atoms with Crippen LogP contribution in [-0.4, -0.2) is 16.6 Å². The van der Waals surface area contributed by atoms with Gasteiger partial charge in [0.2, 0.25) is 0 Å². The number of hydrogen-bond donors (Lipinski definition) is 2. The quantitative estimate of drug-likeness (QED) is 0.616. The van der Waals surface area contributed by atoms with Crippen LogP contribution in [0.1, 0.15) is 27.2 Å². The predicted molar refractivity (Wildman–Crippen MR) is 39.7 cm³/mol. The Balaban J connectivity index is 4.00. The van der Waals surface area contributed by atoms with Crippen LogP contribution in [0.25, 0.3) is 0 Å². The van der Waals surface area contributed by atoms with Crippen LogP contribution in [0.3, 0.4) is 0 Å². The van der Waals surface area contributed by atoms with Crippen molar-refractivity contribution in [2.75, 3.05) is 0 Å². The highest BCUT2D eigenvalue weighted by Crippen LogP contribution is 2.12. The molecule has 0 aliphatic carbocycles. The van der Waals surface area contributed by atoms with Crippen LogP contribution < -0.4 is 5.73 Å². The summed E-state index contributed by atoms with van der Waals surface area (Å²) < 4.78 is 0. The number of carbonyl (C=O) groups is 1. The Labute approximate surface area is 61.2 Å². The SMILES string of the molecule is CC(C)C[C@]([11CH3])(N)C(=O)O. The van der Waals surface area contributed by atoms with E-state index < -0.39 is 11.5 Å². The highest BCUT2D eigenvalue weighted by molar-refractivity contribution is 5.77. The zero-order valence-corrected chi connectivity index (χ0v) is 6.72. The van der Waals surface area contributed by atoms with Gasteiger partial charge in [-0.2, -0.15) is 0 Å². The first-order valence-corrected chi connectivity index (χ1v) is 3.38. The van der Waals surface area contributed by atoms with Gasteiger partial charge in [0, 0.05) is 0 Å². The molecule has 0 spiro atoms. The van der Waals surface area contributed by atoms with Crippen molar-refractivity contribution in [2.45, 2.75) is 32.7 Å². The minimum absolute atomic E-state index is 0.325. The van der Waals surface area contributed by atoms with E-state index in [0.717, 1.165) is 0 Å². The first kappa shape index (κ1) is 9.43. The fraction of sp³-hybridized carbons (Fsp3) is 0.857. The third-order valence-electron chi connectivity index (χ3n) is 1.32. The molecule has 0 aromatic heterocycles. The Morgan fingerprint density at radius 3 is 2.20 bits per heavy atom. The molecule has 3 N–H and O–H groups in total. The summed E-state index contributed by atoms with van der Waals surface area (Å²) in [6.07, 6.45) is 0.516. The van der Waals surface area contributed by atoms with Gasteiger partial charge in [-0.3, -0.25) is 4.79 Å². The molecular formula is C7H15NO2. The molecule has 0 aromatic rings. The van der Waals surface area contributed by atoms with Gasteiger partial charge in [0.25, 0.3) is 0 Å². The summed E-state index contributed by atoms with van der Waals surface area (Å²) in [4.78, 5) is 10.4. The summed E-state index contributed by atoms with van der Waals surface area (Å²) in [6, 6.07) is 0. The zero-order valence-electron chi connectivity index (χ0n) is 6.72. The van der Waals surface area contributed by atoms with E-state index in [-0.39, 0.29) is 0 Å². The molecule has 0 unspecified atom stereocenters. The first-order chi connectivity index (χ1) is 4.36. The van der Waals surface area contributed by atoms with E-state index in [1.165, 1.54) is 6.92 Å². The minimum atomic E-state index is -1.06. The van der Waals surface area contributed by atoms with Crippen LogP contribution in [0.5, 0.6) is 0 Å². The zero-order chi connectivity index (χ0) is 8.36. The first-order valence-electron chi connectivity index (χ1n) is 3.38. The van der Waals surface area contributed by atoms with Crippen molar-refractivity contribution in [1.82, 2.24) is 0 Å². The Morgan fingerprint density at radius 2 is 2.10 bits per heavy atom. The minimum Gasteiger partial charge on any atom is -0.480 e. The molecule has 0 fully saturated rings. The summed E-state index contributed by atoms with van der Waals surface area (Å²) in [5.74, 6) is -0.604. The Hall–Kier alpha value is -0.570. The second-order valence-corrected chi connectivity index (χ2v) is 3.32. The molecule has 0 bridgehead atoms. The van der Waals surface area contributed by atoms with E-state index in [1.807, 2.05) is 13.8 Å². The third kappa shape index (κ3) is 2.82. The van der Waals surface area contributed by atoms with Crippen molar-refractivity contribution >= 4 is 5.97 Å². The van der Waals surface area contributed by atoms with E-state index >= 15 is 0 Å². The highest BCUT2D eigenvalue weighted by atomic mass is 16.4. The molecule has 0 aromatic carbocycles.